The van der Waals surface area contributed by atoms with Crippen molar-refractivity contribution in [3.8, 4) is 11.3 Å². The lowest BCUT2D eigenvalue weighted by Crippen LogP contribution is -2.21. The van der Waals surface area contributed by atoms with E-state index in [1.54, 1.807) is 0 Å². The normalized spacial score (nSPS) is 16.9. The maximum absolute atomic E-state index is 10.6. The first-order valence-corrected chi connectivity index (χ1v) is 12.3. The summed E-state index contributed by atoms with van der Waals surface area (Å²) in [5.41, 5.74) is 9.76. The molecule has 2 aliphatic rings. The van der Waals surface area contributed by atoms with Crippen LogP contribution in [0, 0.1) is 6.92 Å². The van der Waals surface area contributed by atoms with E-state index in [0.717, 1.165) is 55.1 Å². The molecule has 2 aromatic carbocycles. The van der Waals surface area contributed by atoms with Gasteiger partial charge in [-0.2, -0.15) is 13.2 Å². The fourth-order valence-electron chi connectivity index (χ4n) is 4.94. The van der Waals surface area contributed by atoms with Gasteiger partial charge in [-0.05, 0) is 73.3 Å². The molecule has 0 saturated carbocycles. The van der Waals surface area contributed by atoms with Crippen molar-refractivity contribution in [2.24, 2.45) is 0 Å². The summed E-state index contributed by atoms with van der Waals surface area (Å²) in [5, 5.41) is 24.4. The molecule has 0 aliphatic carbocycles. The number of anilines is 1. The van der Waals surface area contributed by atoms with Crippen LogP contribution >= 0.6 is 0 Å². The zero-order valence-corrected chi connectivity index (χ0v) is 20.6. The molecule has 4 aromatic rings. The van der Waals surface area contributed by atoms with Gasteiger partial charge in [0.25, 0.3) is 0 Å². The molecule has 1 unspecified atom stereocenters. The van der Waals surface area contributed by atoms with Crippen LogP contribution in [0.1, 0.15) is 35.7 Å². The Balaban J connectivity index is 0.000000374. The standard InChI is InChI=1S/C25H26N6.C2HF3O2/c1-16-25-21-4-2-18(17-6-10-26-11-7-17)15-22(21)24(9-13-31(25)30-29-16)28-20-3-5-23-19(14-20)8-12-27-23;3-2(4,5)1(6)7/h2-6,8,12,14-15,24,26-28H,7,9-11,13H2,1H3;(H,6,7). The number of aliphatic carboxylic acids is 1. The molecule has 1 atom stereocenters. The number of halogens is 3. The second-order valence-corrected chi connectivity index (χ2v) is 9.30. The van der Waals surface area contributed by atoms with E-state index in [2.05, 4.69) is 86.1 Å². The molecule has 0 amide bonds. The van der Waals surface area contributed by atoms with Crippen LogP contribution in [0.2, 0.25) is 0 Å². The Kier molecular flexibility index (Phi) is 6.94. The molecule has 2 aliphatic heterocycles. The minimum atomic E-state index is -5.08. The van der Waals surface area contributed by atoms with E-state index in [1.165, 1.54) is 27.6 Å². The summed E-state index contributed by atoms with van der Waals surface area (Å²) >= 11 is 0. The third-order valence-electron chi connectivity index (χ3n) is 6.79. The van der Waals surface area contributed by atoms with Gasteiger partial charge in [0.05, 0.1) is 17.4 Å². The fourth-order valence-corrected chi connectivity index (χ4v) is 4.94. The van der Waals surface area contributed by atoms with E-state index in [9.17, 15) is 13.2 Å². The molecule has 38 heavy (non-hydrogen) atoms. The molecule has 4 N–H and O–H groups in total. The van der Waals surface area contributed by atoms with Gasteiger partial charge in [-0.15, -0.1) is 5.10 Å². The minimum absolute atomic E-state index is 0.203. The number of nitrogens with one attached hydrogen (secondary N) is 3. The monoisotopic (exact) mass is 524 g/mol. The maximum Gasteiger partial charge on any atom is 0.490 e. The number of carboxylic acid groups (broad SMARTS) is 1. The highest BCUT2D eigenvalue weighted by Gasteiger charge is 2.38. The van der Waals surface area contributed by atoms with Crippen molar-refractivity contribution < 1.29 is 23.1 Å². The summed E-state index contributed by atoms with van der Waals surface area (Å²) in [6, 6.07) is 15.8. The Bertz CT molecular complexity index is 1500. The predicted octanol–water partition coefficient (Wildman–Crippen LogP) is 5.30. The van der Waals surface area contributed by atoms with Gasteiger partial charge in [-0.3, -0.25) is 0 Å². The van der Waals surface area contributed by atoms with E-state index in [4.69, 9.17) is 9.90 Å². The number of carboxylic acids is 1. The van der Waals surface area contributed by atoms with Crippen LogP contribution in [-0.4, -0.2) is 50.3 Å². The summed E-state index contributed by atoms with van der Waals surface area (Å²) < 4.78 is 33.8. The molecule has 11 heteroatoms. The van der Waals surface area contributed by atoms with Gasteiger partial charge in [0.15, 0.2) is 0 Å². The topological polar surface area (TPSA) is 108 Å². The number of rotatable bonds is 3. The number of aromatic nitrogens is 4. The van der Waals surface area contributed by atoms with Crippen molar-refractivity contribution in [2.45, 2.75) is 38.5 Å². The number of aryl methyl sites for hydroxylation is 2. The van der Waals surface area contributed by atoms with Crippen LogP contribution in [0.15, 0.2) is 54.7 Å². The minimum Gasteiger partial charge on any atom is -0.475 e. The predicted molar refractivity (Wildman–Crippen MR) is 139 cm³/mol. The smallest absolute Gasteiger partial charge is 0.475 e. The number of alkyl halides is 3. The van der Waals surface area contributed by atoms with Gasteiger partial charge in [-0.1, -0.05) is 23.4 Å². The second kappa shape index (κ2) is 10.3. The third kappa shape index (κ3) is 5.28. The summed E-state index contributed by atoms with van der Waals surface area (Å²) in [4.78, 5) is 12.2. The number of hydrogen-bond donors (Lipinski definition) is 4. The van der Waals surface area contributed by atoms with E-state index in [1.807, 2.05) is 6.20 Å². The molecule has 0 bridgehead atoms. The van der Waals surface area contributed by atoms with Crippen LogP contribution in [0.4, 0.5) is 18.9 Å². The average Bonchev–Trinajstić information content (AvgIpc) is 3.48. The van der Waals surface area contributed by atoms with E-state index < -0.39 is 12.1 Å². The highest BCUT2D eigenvalue weighted by molar-refractivity contribution is 5.83. The molecule has 6 rings (SSSR count). The Morgan fingerprint density at radius 1 is 1.18 bits per heavy atom. The van der Waals surface area contributed by atoms with Crippen molar-refractivity contribution in [1.29, 1.82) is 0 Å². The van der Waals surface area contributed by atoms with Gasteiger partial charge in [-0.25, -0.2) is 9.48 Å². The second-order valence-electron chi connectivity index (χ2n) is 9.30. The summed E-state index contributed by atoms with van der Waals surface area (Å²) in [5.74, 6) is -2.76. The molecular formula is C27H27F3N6O2. The van der Waals surface area contributed by atoms with Crippen molar-refractivity contribution in [3.63, 3.8) is 0 Å². The number of benzene rings is 2. The SMILES string of the molecule is Cc1nnn2c1-c1ccc(C3=CCNCC3)cc1C(Nc1ccc3[nH]ccc3c1)CC2.O=C(O)C(F)(F)F. The van der Waals surface area contributed by atoms with Crippen LogP contribution in [0.5, 0.6) is 0 Å². The van der Waals surface area contributed by atoms with Crippen LogP contribution in [0.3, 0.4) is 0 Å². The number of aromatic amines is 1. The van der Waals surface area contributed by atoms with Crippen LogP contribution in [-0.2, 0) is 11.3 Å². The van der Waals surface area contributed by atoms with Crippen molar-refractivity contribution in [3.05, 3.63) is 71.6 Å². The summed E-state index contributed by atoms with van der Waals surface area (Å²) in [6.07, 6.45) is 1.25. The van der Waals surface area contributed by atoms with E-state index >= 15 is 0 Å². The van der Waals surface area contributed by atoms with Gasteiger partial charge in [0.1, 0.15) is 0 Å². The van der Waals surface area contributed by atoms with Crippen LogP contribution in [0.25, 0.3) is 27.7 Å². The molecule has 2 aromatic heterocycles. The third-order valence-corrected chi connectivity index (χ3v) is 6.79. The molecule has 4 heterocycles. The molecule has 0 spiro atoms. The van der Waals surface area contributed by atoms with Gasteiger partial charge >= 0.3 is 12.1 Å². The molecule has 0 saturated heterocycles. The lowest BCUT2D eigenvalue weighted by atomic mass is 9.90. The Hall–Kier alpha value is -4.12. The van der Waals surface area contributed by atoms with Gasteiger partial charge in [0.2, 0.25) is 0 Å². The lowest BCUT2D eigenvalue weighted by Gasteiger charge is -2.23. The maximum atomic E-state index is 10.6. The number of fused-ring (bicyclic) bond motifs is 4. The zero-order valence-electron chi connectivity index (χ0n) is 20.6. The van der Waals surface area contributed by atoms with Gasteiger partial charge in [0, 0.05) is 41.4 Å². The number of hydrogen-bond acceptors (Lipinski definition) is 5. The van der Waals surface area contributed by atoms with E-state index in [0.29, 0.717) is 0 Å². The Morgan fingerprint density at radius 3 is 2.74 bits per heavy atom. The van der Waals surface area contributed by atoms with Crippen molar-refractivity contribution in [2.75, 3.05) is 18.4 Å². The highest BCUT2D eigenvalue weighted by Crippen LogP contribution is 2.39. The highest BCUT2D eigenvalue weighted by atomic mass is 19.4. The zero-order chi connectivity index (χ0) is 26.9. The van der Waals surface area contributed by atoms with E-state index in [-0.39, 0.29) is 6.04 Å². The first kappa shape index (κ1) is 25.5. The fraction of sp³-hybridized carbons (Fsp3) is 0.296. The molecule has 0 fully saturated rings. The van der Waals surface area contributed by atoms with Gasteiger partial charge < -0.3 is 20.7 Å². The Morgan fingerprint density at radius 2 is 2.00 bits per heavy atom. The molecule has 8 nitrogen and oxygen atoms in total. The Labute approximate surface area is 216 Å². The molecule has 198 valence electrons. The van der Waals surface area contributed by atoms with Crippen LogP contribution < -0.4 is 10.6 Å². The quantitative estimate of drug-likeness (QED) is 0.290. The van der Waals surface area contributed by atoms with Crippen molar-refractivity contribution in [1.82, 2.24) is 25.3 Å². The largest absolute Gasteiger partial charge is 0.490 e. The molecular weight excluding hydrogens is 497 g/mol. The summed E-state index contributed by atoms with van der Waals surface area (Å²) in [6.45, 7) is 4.88. The molecule has 0 radical (unpaired) electrons. The number of carbonyl (C=O) groups is 1. The van der Waals surface area contributed by atoms with Crippen molar-refractivity contribution >= 4 is 28.1 Å². The first-order valence-electron chi connectivity index (χ1n) is 12.3. The first-order chi connectivity index (χ1) is 18.2. The number of nitrogens with zero attached hydrogens (tertiary/aromatic N) is 3. The lowest BCUT2D eigenvalue weighted by molar-refractivity contribution is -0.192. The number of H-pyrrole nitrogens is 1. The summed E-state index contributed by atoms with van der Waals surface area (Å²) in [7, 11) is 0. The average molecular weight is 525 g/mol.